The van der Waals surface area contributed by atoms with Crippen LogP contribution in [0, 0.1) is 11.6 Å². The Kier molecular flexibility index (Phi) is 3.97. The van der Waals surface area contributed by atoms with Crippen molar-refractivity contribution in [3.8, 4) is 11.5 Å². The highest BCUT2D eigenvalue weighted by molar-refractivity contribution is 5.44. The van der Waals surface area contributed by atoms with Crippen LogP contribution in [0.2, 0.25) is 0 Å². The molecule has 0 atom stereocenters. The van der Waals surface area contributed by atoms with E-state index < -0.39 is 11.6 Å². The minimum atomic E-state index is -0.501. The third-order valence-electron chi connectivity index (χ3n) is 2.74. The van der Waals surface area contributed by atoms with E-state index in [9.17, 15) is 19.0 Å². The maximum absolute atomic E-state index is 13.3. The molecule has 0 heterocycles. The van der Waals surface area contributed by atoms with Crippen LogP contribution in [-0.2, 0) is 13.1 Å². The summed E-state index contributed by atoms with van der Waals surface area (Å²) in [5.74, 6) is -1.42. The van der Waals surface area contributed by atoms with Crippen LogP contribution in [0.1, 0.15) is 11.1 Å². The molecule has 19 heavy (non-hydrogen) atoms. The first-order valence-electron chi connectivity index (χ1n) is 5.72. The number of nitrogens with one attached hydrogen (secondary N) is 1. The van der Waals surface area contributed by atoms with Crippen LogP contribution < -0.4 is 5.32 Å². The van der Waals surface area contributed by atoms with E-state index in [1.54, 1.807) is 12.1 Å². The lowest BCUT2D eigenvalue weighted by atomic mass is 10.1. The fraction of sp³-hybridized carbons (Fsp3) is 0.143. The molecule has 0 aliphatic rings. The second-order valence-corrected chi connectivity index (χ2v) is 4.12. The van der Waals surface area contributed by atoms with Crippen molar-refractivity contribution >= 4 is 0 Å². The van der Waals surface area contributed by atoms with E-state index >= 15 is 0 Å². The van der Waals surface area contributed by atoms with Gasteiger partial charge in [0.1, 0.15) is 11.6 Å². The molecule has 0 spiro atoms. The van der Waals surface area contributed by atoms with Crippen molar-refractivity contribution in [3.05, 3.63) is 59.2 Å². The van der Waals surface area contributed by atoms with Crippen molar-refractivity contribution < 1.29 is 19.0 Å². The summed E-state index contributed by atoms with van der Waals surface area (Å²) in [6, 6.07) is 7.83. The zero-order valence-electron chi connectivity index (χ0n) is 10.0. The topological polar surface area (TPSA) is 52.5 Å². The lowest BCUT2D eigenvalue weighted by Gasteiger charge is -2.08. The molecule has 0 amide bonds. The Labute approximate surface area is 109 Å². The van der Waals surface area contributed by atoms with Crippen LogP contribution in [0.25, 0.3) is 0 Å². The van der Waals surface area contributed by atoms with Gasteiger partial charge in [-0.05, 0) is 24.3 Å². The average Bonchev–Trinajstić information content (AvgIpc) is 2.38. The first-order chi connectivity index (χ1) is 9.08. The summed E-state index contributed by atoms with van der Waals surface area (Å²) in [5, 5.41) is 21.8. The van der Waals surface area contributed by atoms with Gasteiger partial charge in [0.25, 0.3) is 0 Å². The number of hydrogen-bond acceptors (Lipinski definition) is 3. The van der Waals surface area contributed by atoms with Gasteiger partial charge < -0.3 is 15.5 Å². The molecule has 0 bridgehead atoms. The fourth-order valence-corrected chi connectivity index (χ4v) is 1.73. The lowest BCUT2D eigenvalue weighted by molar-refractivity contribution is 0.397. The van der Waals surface area contributed by atoms with Crippen molar-refractivity contribution in [1.29, 1.82) is 0 Å². The van der Waals surface area contributed by atoms with Crippen LogP contribution in [-0.4, -0.2) is 10.2 Å². The number of para-hydroxylation sites is 1. The zero-order valence-corrected chi connectivity index (χ0v) is 10.0. The van der Waals surface area contributed by atoms with Gasteiger partial charge in [0.15, 0.2) is 11.5 Å². The summed E-state index contributed by atoms with van der Waals surface area (Å²) in [7, 11) is 0. The molecule has 0 radical (unpaired) electrons. The summed E-state index contributed by atoms with van der Waals surface area (Å²) in [4.78, 5) is 0. The molecule has 0 aromatic heterocycles. The first-order valence-corrected chi connectivity index (χ1v) is 5.72. The number of aromatic hydroxyl groups is 2. The Balaban J connectivity index is 2.00. The van der Waals surface area contributed by atoms with Gasteiger partial charge in [0, 0.05) is 24.2 Å². The van der Waals surface area contributed by atoms with Gasteiger partial charge >= 0.3 is 0 Å². The summed E-state index contributed by atoms with van der Waals surface area (Å²) < 4.78 is 26.3. The Morgan fingerprint density at radius 2 is 1.68 bits per heavy atom. The van der Waals surface area contributed by atoms with Crippen LogP contribution >= 0.6 is 0 Å². The highest BCUT2D eigenvalue weighted by Crippen LogP contribution is 2.27. The number of hydrogen-bond donors (Lipinski definition) is 3. The minimum Gasteiger partial charge on any atom is -0.504 e. The van der Waals surface area contributed by atoms with Crippen LogP contribution in [0.5, 0.6) is 11.5 Å². The van der Waals surface area contributed by atoms with E-state index in [1.165, 1.54) is 6.07 Å². The van der Waals surface area contributed by atoms with E-state index in [4.69, 9.17) is 0 Å². The van der Waals surface area contributed by atoms with Crippen LogP contribution in [0.3, 0.4) is 0 Å². The molecule has 2 rings (SSSR count). The normalized spacial score (nSPS) is 10.6. The summed E-state index contributed by atoms with van der Waals surface area (Å²) in [5.41, 5.74) is 0.691. The predicted octanol–water partition coefficient (Wildman–Crippen LogP) is 2.67. The highest BCUT2D eigenvalue weighted by atomic mass is 19.1. The number of benzene rings is 2. The number of halogens is 2. The predicted molar refractivity (Wildman–Crippen MR) is 66.7 cm³/mol. The van der Waals surface area contributed by atoms with Crippen molar-refractivity contribution in [2.45, 2.75) is 13.1 Å². The largest absolute Gasteiger partial charge is 0.504 e. The Morgan fingerprint density at radius 3 is 2.47 bits per heavy atom. The zero-order chi connectivity index (χ0) is 13.8. The molecule has 0 fully saturated rings. The van der Waals surface area contributed by atoms with Gasteiger partial charge in [-0.1, -0.05) is 12.1 Å². The Hall–Kier alpha value is -2.14. The van der Waals surface area contributed by atoms with Gasteiger partial charge in [0.2, 0.25) is 0 Å². The molecule has 100 valence electrons. The van der Waals surface area contributed by atoms with Crippen LogP contribution in [0.15, 0.2) is 36.4 Å². The molecule has 2 aromatic rings. The third-order valence-corrected chi connectivity index (χ3v) is 2.74. The van der Waals surface area contributed by atoms with Gasteiger partial charge in [-0.2, -0.15) is 0 Å². The molecule has 2 aromatic carbocycles. The maximum Gasteiger partial charge on any atom is 0.161 e. The standard InChI is InChI=1S/C14H13F2NO2/c15-11-4-5-12(16)10(6-11)8-17-7-9-2-1-3-13(18)14(9)19/h1-6,17-19H,7-8H2. The van der Waals surface area contributed by atoms with Crippen LogP contribution in [0.4, 0.5) is 8.78 Å². The maximum atomic E-state index is 13.3. The molecular weight excluding hydrogens is 252 g/mol. The van der Waals surface area contributed by atoms with Crippen molar-refractivity contribution in [1.82, 2.24) is 5.32 Å². The van der Waals surface area contributed by atoms with Crippen molar-refractivity contribution in [3.63, 3.8) is 0 Å². The SMILES string of the molecule is Oc1cccc(CNCc2cc(F)ccc2F)c1O. The van der Waals surface area contributed by atoms with E-state index in [0.717, 1.165) is 18.2 Å². The van der Waals surface area contributed by atoms with E-state index in [2.05, 4.69) is 5.32 Å². The molecule has 0 unspecified atom stereocenters. The monoisotopic (exact) mass is 265 g/mol. The minimum absolute atomic E-state index is 0.124. The third kappa shape index (κ3) is 3.20. The van der Waals surface area contributed by atoms with Crippen molar-refractivity contribution in [2.75, 3.05) is 0 Å². The first kappa shape index (κ1) is 13.3. The number of phenolic OH excluding ortho intramolecular Hbond substituents is 2. The average molecular weight is 265 g/mol. The molecule has 3 N–H and O–H groups in total. The van der Waals surface area contributed by atoms with Gasteiger partial charge in [-0.25, -0.2) is 8.78 Å². The molecule has 3 nitrogen and oxygen atoms in total. The molecule has 0 aliphatic carbocycles. The summed E-state index contributed by atoms with van der Waals surface area (Å²) in [6.45, 7) is 0.356. The molecule has 0 aliphatic heterocycles. The molecular formula is C14H13F2NO2. The Bertz CT molecular complexity index is 586. The summed E-state index contributed by atoms with van der Waals surface area (Å²) in [6.07, 6.45) is 0. The molecule has 0 saturated heterocycles. The van der Waals surface area contributed by atoms with E-state index in [1.807, 2.05) is 0 Å². The summed E-state index contributed by atoms with van der Waals surface area (Å²) >= 11 is 0. The van der Waals surface area contributed by atoms with E-state index in [-0.39, 0.29) is 30.2 Å². The second kappa shape index (κ2) is 5.67. The Morgan fingerprint density at radius 1 is 0.947 bits per heavy atom. The van der Waals surface area contributed by atoms with Gasteiger partial charge in [-0.3, -0.25) is 0 Å². The molecule has 0 saturated carbocycles. The van der Waals surface area contributed by atoms with E-state index in [0.29, 0.717) is 5.56 Å². The fourth-order valence-electron chi connectivity index (χ4n) is 1.73. The van der Waals surface area contributed by atoms with Crippen molar-refractivity contribution in [2.24, 2.45) is 0 Å². The smallest absolute Gasteiger partial charge is 0.161 e. The quantitative estimate of drug-likeness (QED) is 0.745. The molecule has 5 heteroatoms. The second-order valence-electron chi connectivity index (χ2n) is 4.12. The highest BCUT2D eigenvalue weighted by Gasteiger charge is 2.07. The number of phenols is 2. The van der Waals surface area contributed by atoms with Gasteiger partial charge in [0.05, 0.1) is 0 Å². The lowest BCUT2D eigenvalue weighted by Crippen LogP contribution is -2.14. The van der Waals surface area contributed by atoms with Gasteiger partial charge in [-0.15, -0.1) is 0 Å². The number of rotatable bonds is 4.